The number of nitrogens with zero attached hydrogens (tertiary/aromatic N) is 1. The number of hydrogen-bond acceptors (Lipinski definition) is 4. The molecule has 0 aliphatic carbocycles. The van der Waals surface area contributed by atoms with Crippen LogP contribution >= 0.6 is 0 Å². The summed E-state index contributed by atoms with van der Waals surface area (Å²) in [5.74, 6) is -0.343. The molecule has 2 rings (SSSR count). The van der Waals surface area contributed by atoms with Crippen molar-refractivity contribution < 1.29 is 9.59 Å². The van der Waals surface area contributed by atoms with E-state index in [0.717, 1.165) is 31.7 Å². The van der Waals surface area contributed by atoms with Crippen molar-refractivity contribution >= 4 is 11.8 Å². The predicted molar refractivity (Wildman–Crippen MR) is 80.7 cm³/mol. The molecular weight excluding hydrogens is 268 g/mol. The van der Waals surface area contributed by atoms with Gasteiger partial charge in [-0.1, -0.05) is 30.3 Å². The second kappa shape index (κ2) is 7.75. The molecule has 6 heteroatoms. The predicted octanol–water partition coefficient (Wildman–Crippen LogP) is -0.505. The van der Waals surface area contributed by atoms with Crippen molar-refractivity contribution in [1.29, 1.82) is 0 Å². The zero-order valence-electron chi connectivity index (χ0n) is 12.3. The van der Waals surface area contributed by atoms with Crippen molar-refractivity contribution in [3.05, 3.63) is 35.9 Å². The van der Waals surface area contributed by atoms with E-state index in [9.17, 15) is 9.59 Å². The van der Waals surface area contributed by atoms with Gasteiger partial charge in [-0.15, -0.1) is 0 Å². The molecule has 0 spiro atoms. The van der Waals surface area contributed by atoms with Crippen molar-refractivity contribution in [3.63, 3.8) is 0 Å². The summed E-state index contributed by atoms with van der Waals surface area (Å²) in [7, 11) is 1.57. The standard InChI is InChI=1S/C15H22N4O2/c1-16-15(21)14(12-5-3-2-4-6-12)18-13(20)11-19-9-7-17-8-10-19/h2-6,14,17H,7-11H2,1H3,(H,16,21)(H,18,20). The third-order valence-corrected chi connectivity index (χ3v) is 3.52. The summed E-state index contributed by atoms with van der Waals surface area (Å²) in [6, 6.07) is 8.62. The summed E-state index contributed by atoms with van der Waals surface area (Å²) < 4.78 is 0. The normalized spacial score (nSPS) is 17.0. The smallest absolute Gasteiger partial charge is 0.246 e. The Morgan fingerprint density at radius 3 is 2.52 bits per heavy atom. The number of amides is 2. The lowest BCUT2D eigenvalue weighted by Gasteiger charge is -2.27. The lowest BCUT2D eigenvalue weighted by atomic mass is 10.1. The van der Waals surface area contributed by atoms with Crippen LogP contribution in [0.25, 0.3) is 0 Å². The summed E-state index contributed by atoms with van der Waals surface area (Å²) in [6.45, 7) is 3.81. The molecule has 1 atom stereocenters. The molecule has 1 aliphatic heterocycles. The molecule has 0 saturated carbocycles. The Hall–Kier alpha value is -1.92. The average Bonchev–Trinajstić information content (AvgIpc) is 2.53. The highest BCUT2D eigenvalue weighted by molar-refractivity contribution is 5.89. The van der Waals surface area contributed by atoms with Crippen LogP contribution in [0.2, 0.25) is 0 Å². The van der Waals surface area contributed by atoms with Gasteiger partial charge in [-0.3, -0.25) is 14.5 Å². The molecule has 0 bridgehead atoms. The zero-order valence-corrected chi connectivity index (χ0v) is 12.3. The minimum absolute atomic E-state index is 0.130. The molecule has 1 saturated heterocycles. The van der Waals surface area contributed by atoms with Crippen LogP contribution in [0.15, 0.2) is 30.3 Å². The number of hydrogen-bond donors (Lipinski definition) is 3. The Balaban J connectivity index is 1.98. The minimum Gasteiger partial charge on any atom is -0.357 e. The molecule has 0 aromatic heterocycles. The van der Waals surface area contributed by atoms with Crippen LogP contribution in [-0.4, -0.2) is 56.5 Å². The monoisotopic (exact) mass is 290 g/mol. The highest BCUT2D eigenvalue weighted by Gasteiger charge is 2.22. The number of nitrogens with one attached hydrogen (secondary N) is 3. The fourth-order valence-electron chi connectivity index (χ4n) is 2.37. The second-order valence-electron chi connectivity index (χ2n) is 5.05. The molecule has 3 N–H and O–H groups in total. The quantitative estimate of drug-likeness (QED) is 0.683. The Labute approximate surface area is 124 Å². The third kappa shape index (κ3) is 4.54. The number of benzene rings is 1. The van der Waals surface area contributed by atoms with Gasteiger partial charge < -0.3 is 16.0 Å². The number of rotatable bonds is 5. The summed E-state index contributed by atoms with van der Waals surface area (Å²) in [4.78, 5) is 26.2. The molecule has 1 fully saturated rings. The topological polar surface area (TPSA) is 73.5 Å². The van der Waals surface area contributed by atoms with Crippen LogP contribution in [0.3, 0.4) is 0 Å². The Morgan fingerprint density at radius 1 is 1.24 bits per heavy atom. The van der Waals surface area contributed by atoms with E-state index in [1.54, 1.807) is 7.05 Å². The van der Waals surface area contributed by atoms with Crippen LogP contribution < -0.4 is 16.0 Å². The number of carbonyl (C=O) groups is 2. The van der Waals surface area contributed by atoms with Gasteiger partial charge in [-0.05, 0) is 5.56 Å². The highest BCUT2D eigenvalue weighted by Crippen LogP contribution is 2.12. The number of piperazine rings is 1. The van der Waals surface area contributed by atoms with Gasteiger partial charge in [0.05, 0.1) is 6.54 Å². The zero-order chi connectivity index (χ0) is 15.1. The largest absolute Gasteiger partial charge is 0.357 e. The van der Waals surface area contributed by atoms with E-state index in [0.29, 0.717) is 6.54 Å². The molecule has 1 unspecified atom stereocenters. The first-order valence-corrected chi connectivity index (χ1v) is 7.19. The van der Waals surface area contributed by atoms with Gasteiger partial charge in [-0.2, -0.15) is 0 Å². The van der Waals surface area contributed by atoms with Gasteiger partial charge in [0.25, 0.3) is 0 Å². The number of likely N-dealkylation sites (N-methyl/N-ethyl adjacent to an activating group) is 1. The van der Waals surface area contributed by atoms with Gasteiger partial charge in [0.2, 0.25) is 11.8 Å². The van der Waals surface area contributed by atoms with Crippen molar-refractivity contribution in [3.8, 4) is 0 Å². The van der Waals surface area contributed by atoms with Gasteiger partial charge in [0.1, 0.15) is 6.04 Å². The van der Waals surface area contributed by atoms with E-state index >= 15 is 0 Å². The van der Waals surface area contributed by atoms with Gasteiger partial charge >= 0.3 is 0 Å². The molecule has 1 aromatic rings. The van der Waals surface area contributed by atoms with Crippen LogP contribution in [0.5, 0.6) is 0 Å². The van der Waals surface area contributed by atoms with Crippen molar-refractivity contribution in [1.82, 2.24) is 20.9 Å². The van der Waals surface area contributed by atoms with Crippen molar-refractivity contribution in [2.45, 2.75) is 6.04 Å². The fraction of sp³-hybridized carbons (Fsp3) is 0.467. The first-order chi connectivity index (χ1) is 10.2. The van der Waals surface area contributed by atoms with Gasteiger partial charge in [-0.25, -0.2) is 0 Å². The maximum Gasteiger partial charge on any atom is 0.246 e. The Kier molecular flexibility index (Phi) is 5.71. The fourth-order valence-corrected chi connectivity index (χ4v) is 2.37. The van der Waals surface area contributed by atoms with E-state index in [2.05, 4.69) is 20.9 Å². The van der Waals surface area contributed by atoms with E-state index in [1.165, 1.54) is 0 Å². The van der Waals surface area contributed by atoms with E-state index in [1.807, 2.05) is 30.3 Å². The van der Waals surface area contributed by atoms with E-state index in [4.69, 9.17) is 0 Å². The molecule has 1 aromatic carbocycles. The van der Waals surface area contributed by atoms with Gasteiger partial charge in [0.15, 0.2) is 0 Å². The number of carbonyl (C=O) groups excluding carboxylic acids is 2. The Morgan fingerprint density at radius 2 is 1.90 bits per heavy atom. The minimum atomic E-state index is -0.647. The van der Waals surface area contributed by atoms with Crippen LogP contribution in [0.4, 0.5) is 0 Å². The molecule has 21 heavy (non-hydrogen) atoms. The lowest BCUT2D eigenvalue weighted by Crippen LogP contribution is -2.49. The van der Waals surface area contributed by atoms with Crippen LogP contribution in [0, 0.1) is 0 Å². The maximum atomic E-state index is 12.2. The third-order valence-electron chi connectivity index (χ3n) is 3.52. The van der Waals surface area contributed by atoms with E-state index in [-0.39, 0.29) is 11.8 Å². The summed E-state index contributed by atoms with van der Waals surface area (Å²) >= 11 is 0. The highest BCUT2D eigenvalue weighted by atomic mass is 16.2. The van der Waals surface area contributed by atoms with Crippen molar-refractivity contribution in [2.75, 3.05) is 39.8 Å². The Bertz CT molecular complexity index is 472. The molecule has 1 aliphatic rings. The van der Waals surface area contributed by atoms with Crippen molar-refractivity contribution in [2.24, 2.45) is 0 Å². The SMILES string of the molecule is CNC(=O)C(NC(=O)CN1CCNCC1)c1ccccc1. The molecule has 2 amide bonds. The summed E-state index contributed by atoms with van der Waals surface area (Å²) in [6.07, 6.45) is 0. The molecule has 114 valence electrons. The first-order valence-electron chi connectivity index (χ1n) is 7.19. The molecular formula is C15H22N4O2. The second-order valence-corrected chi connectivity index (χ2v) is 5.05. The molecule has 1 heterocycles. The van der Waals surface area contributed by atoms with Crippen LogP contribution in [0.1, 0.15) is 11.6 Å². The average molecular weight is 290 g/mol. The first kappa shape index (κ1) is 15.5. The van der Waals surface area contributed by atoms with Crippen LogP contribution in [-0.2, 0) is 9.59 Å². The van der Waals surface area contributed by atoms with E-state index < -0.39 is 6.04 Å². The van der Waals surface area contributed by atoms with Gasteiger partial charge in [0, 0.05) is 33.2 Å². The summed E-state index contributed by atoms with van der Waals surface area (Å²) in [5.41, 5.74) is 0.783. The maximum absolute atomic E-state index is 12.2. The molecule has 6 nitrogen and oxygen atoms in total. The lowest BCUT2D eigenvalue weighted by molar-refractivity contribution is -0.129. The molecule has 0 radical (unpaired) electrons. The summed E-state index contributed by atoms with van der Waals surface area (Å²) in [5, 5.41) is 8.66.